The van der Waals surface area contributed by atoms with Crippen molar-refractivity contribution >= 4 is 33.3 Å². The number of ether oxygens (including phenoxy) is 1. The summed E-state index contributed by atoms with van der Waals surface area (Å²) in [7, 11) is 0. The lowest BCUT2D eigenvalue weighted by atomic mass is 10.2. The number of esters is 1. The summed E-state index contributed by atoms with van der Waals surface area (Å²) in [6.07, 6.45) is 2.45. The van der Waals surface area contributed by atoms with E-state index in [4.69, 9.17) is 4.74 Å². The summed E-state index contributed by atoms with van der Waals surface area (Å²) in [5, 5.41) is 2.05. The maximum Gasteiger partial charge on any atom is 0.323 e. The second kappa shape index (κ2) is 5.23. The highest BCUT2D eigenvalue weighted by Gasteiger charge is 2.34. The van der Waals surface area contributed by atoms with Gasteiger partial charge in [-0.2, -0.15) is 0 Å². The minimum atomic E-state index is -0.0638. The standard InChI is InChI=1S/C14H16N4O2S/c19-14-11(1-7-20-14)17-3-5-18(6-4-17)13-12-10(2-8-21-12)15-9-16-13/h2,8-9,11H,1,3-7H2. The van der Waals surface area contributed by atoms with Crippen LogP contribution in [0.5, 0.6) is 0 Å². The molecule has 2 aliphatic rings. The number of hydrogen-bond donors (Lipinski definition) is 0. The van der Waals surface area contributed by atoms with Crippen LogP contribution < -0.4 is 4.90 Å². The van der Waals surface area contributed by atoms with Crippen molar-refractivity contribution in [3.8, 4) is 0 Å². The van der Waals surface area contributed by atoms with Gasteiger partial charge in [0.05, 0.1) is 16.8 Å². The molecule has 2 fully saturated rings. The first-order valence-corrected chi connectivity index (χ1v) is 8.05. The van der Waals surface area contributed by atoms with E-state index in [9.17, 15) is 4.79 Å². The Labute approximate surface area is 126 Å². The van der Waals surface area contributed by atoms with Crippen LogP contribution in [0, 0.1) is 0 Å². The quantitative estimate of drug-likeness (QED) is 0.775. The molecule has 4 rings (SSSR count). The van der Waals surface area contributed by atoms with Crippen LogP contribution in [0.2, 0.25) is 0 Å². The van der Waals surface area contributed by atoms with Gasteiger partial charge in [0, 0.05) is 32.6 Å². The summed E-state index contributed by atoms with van der Waals surface area (Å²) in [5.74, 6) is 0.954. The zero-order chi connectivity index (χ0) is 14.2. The first-order valence-electron chi connectivity index (χ1n) is 7.17. The minimum absolute atomic E-state index is 0.0423. The smallest absolute Gasteiger partial charge is 0.323 e. The fourth-order valence-corrected chi connectivity index (χ4v) is 3.93. The van der Waals surface area contributed by atoms with Crippen molar-refractivity contribution in [1.29, 1.82) is 0 Å². The van der Waals surface area contributed by atoms with Gasteiger partial charge in [-0.3, -0.25) is 9.69 Å². The normalized spacial score (nSPS) is 23.7. The average Bonchev–Trinajstić information content (AvgIpc) is 3.15. The fourth-order valence-electron chi connectivity index (χ4n) is 3.06. The Morgan fingerprint density at radius 2 is 2.10 bits per heavy atom. The number of cyclic esters (lactones) is 1. The molecule has 0 spiro atoms. The monoisotopic (exact) mass is 304 g/mol. The molecule has 2 aromatic heterocycles. The van der Waals surface area contributed by atoms with E-state index in [1.807, 2.05) is 11.4 Å². The van der Waals surface area contributed by atoms with Crippen LogP contribution in [0.25, 0.3) is 10.2 Å². The number of aromatic nitrogens is 2. The number of thiophene rings is 1. The van der Waals surface area contributed by atoms with Crippen molar-refractivity contribution in [2.45, 2.75) is 12.5 Å². The third-order valence-electron chi connectivity index (χ3n) is 4.19. The maximum atomic E-state index is 11.7. The van der Waals surface area contributed by atoms with E-state index in [1.165, 1.54) is 0 Å². The van der Waals surface area contributed by atoms with Gasteiger partial charge in [-0.25, -0.2) is 9.97 Å². The van der Waals surface area contributed by atoms with Gasteiger partial charge in [0.2, 0.25) is 0 Å². The van der Waals surface area contributed by atoms with Crippen molar-refractivity contribution in [3.63, 3.8) is 0 Å². The number of nitrogens with zero attached hydrogens (tertiary/aromatic N) is 4. The molecule has 7 heteroatoms. The van der Waals surface area contributed by atoms with Gasteiger partial charge >= 0.3 is 5.97 Å². The summed E-state index contributed by atoms with van der Waals surface area (Å²) in [5.41, 5.74) is 1.01. The molecule has 0 saturated carbocycles. The van der Waals surface area contributed by atoms with Crippen LogP contribution in [0.3, 0.4) is 0 Å². The van der Waals surface area contributed by atoms with Gasteiger partial charge < -0.3 is 9.64 Å². The minimum Gasteiger partial charge on any atom is -0.464 e. The summed E-state index contributed by atoms with van der Waals surface area (Å²) in [6, 6.07) is 1.98. The van der Waals surface area contributed by atoms with Crippen LogP contribution in [0.15, 0.2) is 17.8 Å². The Hall–Kier alpha value is -1.73. The van der Waals surface area contributed by atoms with Gasteiger partial charge in [-0.1, -0.05) is 0 Å². The van der Waals surface area contributed by atoms with Crippen LogP contribution in [0.4, 0.5) is 5.82 Å². The molecular formula is C14H16N4O2S. The Bertz CT molecular complexity index is 666. The largest absolute Gasteiger partial charge is 0.464 e. The van der Waals surface area contributed by atoms with Crippen molar-refractivity contribution in [2.75, 3.05) is 37.7 Å². The molecule has 0 aliphatic carbocycles. The van der Waals surface area contributed by atoms with E-state index in [-0.39, 0.29) is 12.0 Å². The van der Waals surface area contributed by atoms with Crippen molar-refractivity contribution in [2.24, 2.45) is 0 Å². The molecule has 21 heavy (non-hydrogen) atoms. The lowest BCUT2D eigenvalue weighted by molar-refractivity contribution is -0.142. The molecule has 0 N–H and O–H groups in total. The number of hydrogen-bond acceptors (Lipinski definition) is 7. The third kappa shape index (κ3) is 2.26. The first kappa shape index (κ1) is 13.0. The van der Waals surface area contributed by atoms with E-state index in [2.05, 4.69) is 19.8 Å². The molecule has 2 aromatic rings. The van der Waals surface area contributed by atoms with Gasteiger partial charge in [-0.15, -0.1) is 11.3 Å². The predicted molar refractivity (Wildman–Crippen MR) is 80.6 cm³/mol. The highest BCUT2D eigenvalue weighted by atomic mass is 32.1. The second-order valence-corrected chi connectivity index (χ2v) is 6.24. The lowest BCUT2D eigenvalue weighted by Gasteiger charge is -2.37. The molecule has 2 saturated heterocycles. The van der Waals surface area contributed by atoms with Gasteiger partial charge in [-0.05, 0) is 11.4 Å². The number of rotatable bonds is 2. The number of piperazine rings is 1. The van der Waals surface area contributed by atoms with E-state index >= 15 is 0 Å². The van der Waals surface area contributed by atoms with E-state index in [0.717, 1.165) is 48.6 Å². The molecule has 4 heterocycles. The molecule has 0 aromatic carbocycles. The summed E-state index contributed by atoms with van der Waals surface area (Å²) in [6.45, 7) is 4.07. The van der Waals surface area contributed by atoms with Gasteiger partial charge in [0.15, 0.2) is 0 Å². The third-order valence-corrected chi connectivity index (χ3v) is 5.09. The molecule has 0 bridgehead atoms. The number of anilines is 1. The molecule has 1 atom stereocenters. The Morgan fingerprint density at radius 3 is 2.86 bits per heavy atom. The lowest BCUT2D eigenvalue weighted by Crippen LogP contribution is -2.51. The van der Waals surface area contributed by atoms with Gasteiger partial charge in [0.25, 0.3) is 0 Å². The van der Waals surface area contributed by atoms with Crippen LogP contribution in [-0.4, -0.2) is 59.7 Å². The van der Waals surface area contributed by atoms with Gasteiger partial charge in [0.1, 0.15) is 18.2 Å². The highest BCUT2D eigenvalue weighted by molar-refractivity contribution is 7.17. The first-order chi connectivity index (χ1) is 10.3. The number of carbonyl (C=O) groups excluding carboxylic acids is 1. The van der Waals surface area contributed by atoms with Crippen molar-refractivity contribution in [3.05, 3.63) is 17.8 Å². The molecule has 110 valence electrons. The van der Waals surface area contributed by atoms with Crippen molar-refractivity contribution in [1.82, 2.24) is 14.9 Å². The average molecular weight is 304 g/mol. The summed E-state index contributed by atoms with van der Waals surface area (Å²) < 4.78 is 6.21. The SMILES string of the molecule is O=C1OCCC1N1CCN(c2ncnc3ccsc23)CC1. The van der Waals surface area contributed by atoms with E-state index in [1.54, 1.807) is 17.7 Å². The topological polar surface area (TPSA) is 58.6 Å². The van der Waals surface area contributed by atoms with Crippen LogP contribution in [0.1, 0.15) is 6.42 Å². The Kier molecular flexibility index (Phi) is 3.23. The molecular weight excluding hydrogens is 288 g/mol. The molecule has 0 radical (unpaired) electrons. The fraction of sp³-hybridized carbons (Fsp3) is 0.500. The van der Waals surface area contributed by atoms with Crippen LogP contribution >= 0.6 is 11.3 Å². The van der Waals surface area contributed by atoms with E-state index in [0.29, 0.717) is 6.61 Å². The molecule has 1 unspecified atom stereocenters. The maximum absolute atomic E-state index is 11.7. The Morgan fingerprint density at radius 1 is 1.24 bits per heavy atom. The predicted octanol–water partition coefficient (Wildman–Crippen LogP) is 1.13. The molecule has 6 nitrogen and oxygen atoms in total. The van der Waals surface area contributed by atoms with Crippen molar-refractivity contribution < 1.29 is 9.53 Å². The molecule has 0 amide bonds. The second-order valence-electron chi connectivity index (χ2n) is 5.33. The summed E-state index contributed by atoms with van der Waals surface area (Å²) >= 11 is 1.68. The van der Waals surface area contributed by atoms with E-state index < -0.39 is 0 Å². The Balaban J connectivity index is 1.50. The number of fused-ring (bicyclic) bond motifs is 1. The highest BCUT2D eigenvalue weighted by Crippen LogP contribution is 2.29. The zero-order valence-electron chi connectivity index (χ0n) is 11.6. The van der Waals surface area contributed by atoms with Crippen LogP contribution in [-0.2, 0) is 9.53 Å². The summed E-state index contributed by atoms with van der Waals surface area (Å²) in [4.78, 5) is 24.9. The zero-order valence-corrected chi connectivity index (χ0v) is 12.4. The number of carbonyl (C=O) groups is 1. The molecule has 2 aliphatic heterocycles.